The van der Waals surface area contributed by atoms with Crippen molar-refractivity contribution in [1.29, 1.82) is 0 Å². The smallest absolute Gasteiger partial charge is 0.0546 e. The SMILES string of the molecule is Cc1cccc(N(c2ccccc2)c2cccc3ccc4ccccc4c23)c1. The first kappa shape index (κ1) is 16.6. The number of benzene rings is 5. The monoisotopic (exact) mass is 359 g/mol. The summed E-state index contributed by atoms with van der Waals surface area (Å²) in [5.41, 5.74) is 4.79. The van der Waals surface area contributed by atoms with Crippen LogP contribution in [0.3, 0.4) is 0 Å². The molecule has 0 spiro atoms. The molecule has 0 fully saturated rings. The molecule has 134 valence electrons. The molecule has 0 N–H and O–H groups in total. The number of rotatable bonds is 3. The van der Waals surface area contributed by atoms with E-state index in [1.165, 1.54) is 38.5 Å². The normalized spacial score (nSPS) is 11.0. The third kappa shape index (κ3) is 2.82. The Morgan fingerprint density at radius 3 is 2.07 bits per heavy atom. The summed E-state index contributed by atoms with van der Waals surface area (Å²) >= 11 is 0. The third-order valence-corrected chi connectivity index (χ3v) is 5.26. The second-order valence-electron chi connectivity index (χ2n) is 7.17. The topological polar surface area (TPSA) is 3.24 Å². The largest absolute Gasteiger partial charge is 0.310 e. The molecule has 0 aliphatic heterocycles. The van der Waals surface area contributed by atoms with E-state index in [2.05, 4.69) is 121 Å². The van der Waals surface area contributed by atoms with Gasteiger partial charge in [-0.1, -0.05) is 78.9 Å². The summed E-state index contributed by atoms with van der Waals surface area (Å²) in [7, 11) is 0. The van der Waals surface area contributed by atoms with Crippen molar-refractivity contribution in [3.8, 4) is 0 Å². The lowest BCUT2D eigenvalue weighted by Crippen LogP contribution is -2.10. The minimum atomic E-state index is 1.16. The molecule has 5 rings (SSSR count). The molecule has 0 bridgehead atoms. The van der Waals surface area contributed by atoms with E-state index in [1.807, 2.05) is 0 Å². The highest BCUT2D eigenvalue weighted by Gasteiger charge is 2.16. The Morgan fingerprint density at radius 2 is 1.21 bits per heavy atom. The van der Waals surface area contributed by atoms with Crippen LogP contribution in [0.2, 0.25) is 0 Å². The lowest BCUT2D eigenvalue weighted by Gasteiger charge is -2.27. The third-order valence-electron chi connectivity index (χ3n) is 5.26. The average Bonchev–Trinajstić information content (AvgIpc) is 2.75. The minimum absolute atomic E-state index is 1.16. The lowest BCUT2D eigenvalue weighted by molar-refractivity contribution is 1.28. The van der Waals surface area contributed by atoms with Gasteiger partial charge in [-0.3, -0.25) is 0 Å². The molecule has 1 heteroatoms. The highest BCUT2D eigenvalue weighted by Crippen LogP contribution is 2.41. The van der Waals surface area contributed by atoms with Crippen molar-refractivity contribution in [2.45, 2.75) is 6.92 Å². The van der Waals surface area contributed by atoms with Gasteiger partial charge >= 0.3 is 0 Å². The zero-order valence-corrected chi connectivity index (χ0v) is 15.8. The number of fused-ring (bicyclic) bond motifs is 3. The van der Waals surface area contributed by atoms with Crippen LogP contribution in [0.5, 0.6) is 0 Å². The Bertz CT molecular complexity index is 1270. The molecule has 1 nitrogen and oxygen atoms in total. The Labute approximate surface area is 165 Å². The van der Waals surface area contributed by atoms with Gasteiger partial charge in [0.05, 0.1) is 5.69 Å². The van der Waals surface area contributed by atoms with Crippen LogP contribution in [0.25, 0.3) is 21.5 Å². The number of aryl methyl sites for hydroxylation is 1. The summed E-state index contributed by atoms with van der Waals surface area (Å²) in [5.74, 6) is 0. The second-order valence-corrected chi connectivity index (χ2v) is 7.17. The fraction of sp³-hybridized carbons (Fsp3) is 0.0370. The first-order chi connectivity index (χ1) is 13.8. The van der Waals surface area contributed by atoms with Crippen molar-refractivity contribution in [1.82, 2.24) is 0 Å². The van der Waals surface area contributed by atoms with Crippen molar-refractivity contribution in [2.75, 3.05) is 4.90 Å². The van der Waals surface area contributed by atoms with Gasteiger partial charge in [-0.05, 0) is 59.0 Å². The molecule has 0 atom stereocenters. The van der Waals surface area contributed by atoms with E-state index < -0.39 is 0 Å². The Hall–Kier alpha value is -3.58. The van der Waals surface area contributed by atoms with Gasteiger partial charge < -0.3 is 4.90 Å². The zero-order chi connectivity index (χ0) is 18.9. The predicted molar refractivity (Wildman–Crippen MR) is 121 cm³/mol. The summed E-state index contributed by atoms with van der Waals surface area (Å²) < 4.78 is 0. The maximum atomic E-state index is 2.36. The van der Waals surface area contributed by atoms with E-state index >= 15 is 0 Å². The molecular weight excluding hydrogens is 338 g/mol. The molecule has 28 heavy (non-hydrogen) atoms. The molecule has 0 aliphatic rings. The number of anilines is 3. The molecule has 0 amide bonds. The second kappa shape index (κ2) is 6.86. The van der Waals surface area contributed by atoms with Crippen LogP contribution in [0, 0.1) is 6.92 Å². The van der Waals surface area contributed by atoms with E-state index in [-0.39, 0.29) is 0 Å². The highest BCUT2D eigenvalue weighted by atomic mass is 15.1. The average molecular weight is 359 g/mol. The van der Waals surface area contributed by atoms with E-state index in [4.69, 9.17) is 0 Å². The number of nitrogens with zero attached hydrogens (tertiary/aromatic N) is 1. The fourth-order valence-electron chi connectivity index (χ4n) is 4.00. The molecular formula is C27H21N. The van der Waals surface area contributed by atoms with Gasteiger partial charge in [0.2, 0.25) is 0 Å². The van der Waals surface area contributed by atoms with Crippen LogP contribution in [0.4, 0.5) is 17.1 Å². The van der Waals surface area contributed by atoms with Crippen LogP contribution in [0.15, 0.2) is 109 Å². The molecule has 5 aromatic rings. The highest BCUT2D eigenvalue weighted by molar-refractivity contribution is 6.15. The van der Waals surface area contributed by atoms with Gasteiger partial charge in [0.1, 0.15) is 0 Å². The van der Waals surface area contributed by atoms with Crippen LogP contribution in [-0.2, 0) is 0 Å². The van der Waals surface area contributed by atoms with E-state index in [0.717, 1.165) is 5.69 Å². The van der Waals surface area contributed by atoms with Gasteiger partial charge in [-0.25, -0.2) is 0 Å². The summed E-state index contributed by atoms with van der Waals surface area (Å²) in [4.78, 5) is 2.36. The summed E-state index contributed by atoms with van der Waals surface area (Å²) in [6.07, 6.45) is 0. The van der Waals surface area contributed by atoms with Crippen molar-refractivity contribution in [3.05, 3.63) is 115 Å². The summed E-state index contributed by atoms with van der Waals surface area (Å²) in [6.45, 7) is 2.14. The minimum Gasteiger partial charge on any atom is -0.310 e. The first-order valence-corrected chi connectivity index (χ1v) is 9.63. The molecule has 0 saturated carbocycles. The van der Waals surface area contributed by atoms with Crippen LogP contribution >= 0.6 is 0 Å². The molecule has 0 saturated heterocycles. The summed E-state index contributed by atoms with van der Waals surface area (Å²) in [5, 5.41) is 5.08. The van der Waals surface area contributed by atoms with Gasteiger partial charge in [-0.2, -0.15) is 0 Å². The quantitative estimate of drug-likeness (QED) is 0.297. The van der Waals surface area contributed by atoms with Gasteiger partial charge in [-0.15, -0.1) is 0 Å². The maximum Gasteiger partial charge on any atom is 0.0546 e. The van der Waals surface area contributed by atoms with Crippen molar-refractivity contribution in [2.24, 2.45) is 0 Å². The molecule has 0 radical (unpaired) electrons. The van der Waals surface area contributed by atoms with Crippen LogP contribution in [-0.4, -0.2) is 0 Å². The van der Waals surface area contributed by atoms with Crippen LogP contribution < -0.4 is 4.90 Å². The molecule has 0 aliphatic carbocycles. The van der Waals surface area contributed by atoms with Gasteiger partial charge in [0, 0.05) is 16.8 Å². The van der Waals surface area contributed by atoms with Crippen LogP contribution in [0.1, 0.15) is 5.56 Å². The van der Waals surface area contributed by atoms with Crippen molar-refractivity contribution >= 4 is 38.6 Å². The predicted octanol–water partition coefficient (Wildman–Crippen LogP) is 7.77. The van der Waals surface area contributed by atoms with Gasteiger partial charge in [0.15, 0.2) is 0 Å². The molecule has 0 heterocycles. The van der Waals surface area contributed by atoms with Crippen molar-refractivity contribution < 1.29 is 0 Å². The van der Waals surface area contributed by atoms with E-state index in [9.17, 15) is 0 Å². The standard InChI is InChI=1S/C27H21N/c1-20-9-7-14-24(19-20)28(23-12-3-2-4-13-23)26-16-8-11-22-18-17-21-10-5-6-15-25(21)27(22)26/h2-19H,1H3. The Balaban J connectivity index is 1.87. The Kier molecular flexibility index (Phi) is 4.06. The van der Waals surface area contributed by atoms with Gasteiger partial charge in [0.25, 0.3) is 0 Å². The summed E-state index contributed by atoms with van der Waals surface area (Å²) in [6, 6.07) is 39.0. The number of hydrogen-bond acceptors (Lipinski definition) is 1. The van der Waals surface area contributed by atoms with E-state index in [1.54, 1.807) is 0 Å². The first-order valence-electron chi connectivity index (χ1n) is 9.63. The molecule has 5 aromatic carbocycles. The fourth-order valence-corrected chi connectivity index (χ4v) is 4.00. The number of para-hydroxylation sites is 1. The molecule has 0 unspecified atom stereocenters. The van der Waals surface area contributed by atoms with Crippen molar-refractivity contribution in [3.63, 3.8) is 0 Å². The Morgan fingerprint density at radius 1 is 0.536 bits per heavy atom. The zero-order valence-electron chi connectivity index (χ0n) is 15.8. The molecule has 0 aromatic heterocycles. The lowest BCUT2D eigenvalue weighted by atomic mass is 9.99. The maximum absolute atomic E-state index is 2.36. The van der Waals surface area contributed by atoms with E-state index in [0.29, 0.717) is 0 Å². The number of hydrogen-bond donors (Lipinski definition) is 0.